The fourth-order valence-corrected chi connectivity index (χ4v) is 4.30. The lowest BCUT2D eigenvalue weighted by Gasteiger charge is -2.40. The minimum absolute atomic E-state index is 0.0200. The van der Waals surface area contributed by atoms with Crippen LogP contribution < -0.4 is 4.90 Å². The molecule has 0 N–H and O–H groups in total. The summed E-state index contributed by atoms with van der Waals surface area (Å²) in [6, 6.07) is 18.8. The van der Waals surface area contributed by atoms with Crippen molar-refractivity contribution in [2.45, 2.75) is 25.9 Å². The molecule has 1 aliphatic heterocycles. The number of anilines is 1. The molecule has 0 saturated heterocycles. The predicted molar refractivity (Wildman–Crippen MR) is 127 cm³/mol. The number of carbonyl (C=O) groups excluding carboxylic acids is 2. The molecule has 0 bridgehead atoms. The minimum atomic E-state index is -0.340. The molecule has 1 aliphatic rings. The first-order valence-corrected chi connectivity index (χ1v) is 11.0. The van der Waals surface area contributed by atoms with E-state index in [2.05, 4.69) is 4.57 Å². The fraction of sp³-hybridized carbons (Fsp3) is 0.280. The number of nitrogens with zero attached hydrogens (tertiary/aromatic N) is 4. The third-order valence-electron chi connectivity index (χ3n) is 5.73. The van der Waals surface area contributed by atoms with E-state index in [0.29, 0.717) is 5.02 Å². The Morgan fingerprint density at radius 1 is 0.969 bits per heavy atom. The van der Waals surface area contributed by atoms with E-state index in [1.807, 2.05) is 85.6 Å². The summed E-state index contributed by atoms with van der Waals surface area (Å²) in [6.45, 7) is 3.81. The maximum Gasteiger partial charge on any atom is 0.320 e. The van der Waals surface area contributed by atoms with Gasteiger partial charge in [0.2, 0.25) is 5.91 Å². The maximum absolute atomic E-state index is 13.9. The Morgan fingerprint density at radius 3 is 2.25 bits per heavy atom. The maximum atomic E-state index is 13.9. The Kier molecular flexibility index (Phi) is 5.98. The average molecular weight is 451 g/mol. The smallest absolute Gasteiger partial charge is 0.320 e. The molecule has 0 radical (unpaired) electrons. The summed E-state index contributed by atoms with van der Waals surface area (Å²) in [4.78, 5) is 31.5. The number of hydrogen-bond acceptors (Lipinski definition) is 2. The molecule has 3 amide bonds. The van der Waals surface area contributed by atoms with Gasteiger partial charge in [-0.25, -0.2) is 4.79 Å². The number of amides is 3. The zero-order valence-electron chi connectivity index (χ0n) is 18.7. The molecule has 3 aromatic rings. The molecule has 6 nitrogen and oxygen atoms in total. The van der Waals surface area contributed by atoms with Crippen LogP contribution >= 0.6 is 11.6 Å². The van der Waals surface area contributed by atoms with Crippen LogP contribution in [0.1, 0.15) is 31.1 Å². The summed E-state index contributed by atoms with van der Waals surface area (Å²) in [5, 5.41) is 0.640. The predicted octanol–water partition coefficient (Wildman–Crippen LogP) is 4.96. The summed E-state index contributed by atoms with van der Waals surface area (Å²) < 4.78 is 2.11. The van der Waals surface area contributed by atoms with Crippen LogP contribution in [0, 0.1) is 0 Å². The van der Waals surface area contributed by atoms with Gasteiger partial charge in [-0.3, -0.25) is 9.69 Å². The molecule has 32 heavy (non-hydrogen) atoms. The molecule has 2 aromatic carbocycles. The molecule has 0 spiro atoms. The van der Waals surface area contributed by atoms with Crippen LogP contribution in [0.5, 0.6) is 0 Å². The number of urea groups is 1. The summed E-state index contributed by atoms with van der Waals surface area (Å²) >= 11 is 6.14. The SMILES string of the molecule is CC(C)N(CC(=O)N1c2ccccc2-n2cccc2C1c1ccc(Cl)cc1)C(=O)N(C)C. The second kappa shape index (κ2) is 8.71. The van der Waals surface area contributed by atoms with Gasteiger partial charge in [-0.2, -0.15) is 0 Å². The van der Waals surface area contributed by atoms with Gasteiger partial charge in [-0.05, 0) is 55.8 Å². The molecule has 4 rings (SSSR count). The van der Waals surface area contributed by atoms with Gasteiger partial charge in [-0.1, -0.05) is 35.9 Å². The van der Waals surface area contributed by atoms with E-state index in [1.54, 1.807) is 19.0 Å². The lowest BCUT2D eigenvalue weighted by atomic mass is 9.97. The van der Waals surface area contributed by atoms with Crippen molar-refractivity contribution in [2.24, 2.45) is 0 Å². The van der Waals surface area contributed by atoms with E-state index in [0.717, 1.165) is 22.6 Å². The van der Waals surface area contributed by atoms with Gasteiger partial charge in [0.15, 0.2) is 0 Å². The normalized spacial score (nSPS) is 14.7. The van der Waals surface area contributed by atoms with Crippen LogP contribution in [-0.4, -0.2) is 53.0 Å². The third-order valence-corrected chi connectivity index (χ3v) is 5.98. The monoisotopic (exact) mass is 450 g/mol. The molecule has 0 saturated carbocycles. The topological polar surface area (TPSA) is 48.8 Å². The highest BCUT2D eigenvalue weighted by Gasteiger charge is 2.37. The van der Waals surface area contributed by atoms with Crippen LogP contribution in [0.15, 0.2) is 66.9 Å². The summed E-state index contributed by atoms with van der Waals surface area (Å²) in [5.74, 6) is -0.145. The molecule has 1 aromatic heterocycles. The molecule has 1 unspecified atom stereocenters. The van der Waals surface area contributed by atoms with E-state index in [4.69, 9.17) is 11.6 Å². The molecule has 1 atom stereocenters. The van der Waals surface area contributed by atoms with E-state index in [1.165, 1.54) is 4.90 Å². The molecular formula is C25H27ClN4O2. The molecule has 166 valence electrons. The molecule has 0 fully saturated rings. The van der Waals surface area contributed by atoms with Gasteiger partial charge in [-0.15, -0.1) is 0 Å². The number of hydrogen-bond donors (Lipinski definition) is 0. The Morgan fingerprint density at radius 2 is 1.62 bits per heavy atom. The average Bonchev–Trinajstić information content (AvgIpc) is 3.26. The van der Waals surface area contributed by atoms with Crippen molar-refractivity contribution in [2.75, 3.05) is 25.5 Å². The van der Waals surface area contributed by atoms with E-state index in [-0.39, 0.29) is 30.6 Å². The van der Waals surface area contributed by atoms with Gasteiger partial charge in [0.25, 0.3) is 0 Å². The lowest BCUT2D eigenvalue weighted by Crippen LogP contribution is -2.51. The number of halogens is 1. The first-order valence-electron chi connectivity index (χ1n) is 10.6. The molecule has 0 aliphatic carbocycles. The largest absolute Gasteiger partial charge is 0.331 e. The number of benzene rings is 2. The van der Waals surface area contributed by atoms with Crippen molar-refractivity contribution in [3.05, 3.63) is 83.1 Å². The Hall–Kier alpha value is -3.25. The van der Waals surface area contributed by atoms with Crippen molar-refractivity contribution in [1.82, 2.24) is 14.4 Å². The van der Waals surface area contributed by atoms with Crippen molar-refractivity contribution >= 4 is 29.2 Å². The first-order chi connectivity index (χ1) is 15.3. The van der Waals surface area contributed by atoms with Crippen molar-refractivity contribution in [1.29, 1.82) is 0 Å². The standard InChI is InChI=1S/C25H27ClN4O2/c1-17(2)29(25(32)27(3)4)16-23(31)30-21-9-6-5-8-20(21)28-15-7-10-22(28)24(30)18-11-13-19(26)14-12-18/h5-15,17,24H,16H2,1-4H3. The van der Waals surface area contributed by atoms with Gasteiger partial charge in [0, 0.05) is 31.4 Å². The quantitative estimate of drug-likeness (QED) is 0.564. The Labute approximate surface area is 193 Å². The lowest BCUT2D eigenvalue weighted by molar-refractivity contribution is -0.120. The van der Waals surface area contributed by atoms with Crippen molar-refractivity contribution in [3.8, 4) is 5.69 Å². The Bertz CT molecular complexity index is 1140. The van der Waals surface area contributed by atoms with Crippen LogP contribution in [0.3, 0.4) is 0 Å². The molecular weight excluding hydrogens is 424 g/mol. The minimum Gasteiger partial charge on any atom is -0.331 e. The van der Waals surface area contributed by atoms with Crippen molar-refractivity contribution in [3.63, 3.8) is 0 Å². The second-order valence-corrected chi connectivity index (χ2v) is 8.84. The number of aromatic nitrogens is 1. The van der Waals surface area contributed by atoms with Crippen LogP contribution in [0.2, 0.25) is 5.02 Å². The van der Waals surface area contributed by atoms with Gasteiger partial charge < -0.3 is 14.4 Å². The number of rotatable bonds is 4. The first kappa shape index (κ1) is 22.0. The molecule has 7 heteroatoms. The highest BCUT2D eigenvalue weighted by molar-refractivity contribution is 6.30. The van der Waals surface area contributed by atoms with E-state index in [9.17, 15) is 9.59 Å². The van der Waals surface area contributed by atoms with Gasteiger partial charge in [0.05, 0.1) is 17.1 Å². The van der Waals surface area contributed by atoms with Crippen LogP contribution in [0.25, 0.3) is 5.69 Å². The van der Waals surface area contributed by atoms with Crippen molar-refractivity contribution < 1.29 is 9.59 Å². The van der Waals surface area contributed by atoms with Crippen LogP contribution in [0.4, 0.5) is 10.5 Å². The van der Waals surface area contributed by atoms with Crippen LogP contribution in [-0.2, 0) is 4.79 Å². The fourth-order valence-electron chi connectivity index (χ4n) is 4.17. The highest BCUT2D eigenvalue weighted by Crippen LogP contribution is 2.42. The molecule has 2 heterocycles. The highest BCUT2D eigenvalue weighted by atomic mass is 35.5. The summed E-state index contributed by atoms with van der Waals surface area (Å²) in [6.07, 6.45) is 2.01. The van der Waals surface area contributed by atoms with Gasteiger partial charge in [0.1, 0.15) is 12.6 Å². The van der Waals surface area contributed by atoms with E-state index < -0.39 is 0 Å². The number of para-hydroxylation sites is 2. The Balaban J connectivity index is 1.82. The van der Waals surface area contributed by atoms with Gasteiger partial charge >= 0.3 is 6.03 Å². The summed E-state index contributed by atoms with van der Waals surface area (Å²) in [5.41, 5.74) is 3.67. The zero-order chi connectivity index (χ0) is 23.0. The number of fused-ring (bicyclic) bond motifs is 3. The summed E-state index contributed by atoms with van der Waals surface area (Å²) in [7, 11) is 3.39. The third kappa shape index (κ3) is 3.86. The van der Waals surface area contributed by atoms with E-state index >= 15 is 0 Å². The zero-order valence-corrected chi connectivity index (χ0v) is 19.5. The number of carbonyl (C=O) groups is 2. The second-order valence-electron chi connectivity index (χ2n) is 8.41.